The van der Waals surface area contributed by atoms with Crippen molar-refractivity contribution in [3.8, 4) is 0 Å². The van der Waals surface area contributed by atoms with E-state index in [1.165, 1.54) is 0 Å². The first kappa shape index (κ1) is 11.0. The second-order valence-corrected chi connectivity index (χ2v) is 3.20. The van der Waals surface area contributed by atoms with E-state index in [4.69, 9.17) is 16.9 Å². The van der Waals surface area contributed by atoms with Gasteiger partial charge in [0.15, 0.2) is 5.96 Å². The smallest absolute Gasteiger partial charge is 0.240 e. The lowest BCUT2D eigenvalue weighted by atomic mass is 10.1. The molecular weight excluding hydrogens is 192 g/mol. The largest absolute Gasteiger partial charge is 0.370 e. The minimum absolute atomic E-state index is 0.255. The van der Waals surface area contributed by atoms with Gasteiger partial charge in [0.25, 0.3) is 0 Å². The Morgan fingerprint density at radius 2 is 1.93 bits per heavy atom. The molecule has 1 rings (SSSR count). The van der Waals surface area contributed by atoms with E-state index in [1.54, 1.807) is 0 Å². The van der Waals surface area contributed by atoms with Crippen molar-refractivity contribution in [2.75, 3.05) is 0 Å². The van der Waals surface area contributed by atoms with Crippen molar-refractivity contribution in [3.63, 3.8) is 0 Å². The van der Waals surface area contributed by atoms with Gasteiger partial charge >= 0.3 is 0 Å². The summed E-state index contributed by atoms with van der Waals surface area (Å²) in [6.45, 7) is 0. The third kappa shape index (κ3) is 3.68. The van der Waals surface area contributed by atoms with Gasteiger partial charge in [-0.15, -0.1) is 0 Å². The summed E-state index contributed by atoms with van der Waals surface area (Å²) in [5.41, 5.74) is 11.3. The van der Waals surface area contributed by atoms with Gasteiger partial charge in [-0.25, -0.2) is 0 Å². The standard InChI is InChI=1S/C10H14N4O/c11-9(15)8(14-10(12)13)6-7-4-2-1-3-5-7/h1-5,8H,6H2,(H2,11,15)(H4,12,13,14). The molecule has 0 aliphatic heterocycles. The van der Waals surface area contributed by atoms with Crippen molar-refractivity contribution in [3.05, 3.63) is 35.9 Å². The molecule has 0 aromatic heterocycles. The van der Waals surface area contributed by atoms with E-state index >= 15 is 0 Å². The van der Waals surface area contributed by atoms with Crippen molar-refractivity contribution in [1.29, 1.82) is 5.41 Å². The number of carbonyl (C=O) groups excluding carboxylic acids is 1. The Bertz CT molecular complexity index is 350. The van der Waals surface area contributed by atoms with Crippen LogP contribution in [0.5, 0.6) is 0 Å². The number of hydrogen-bond acceptors (Lipinski definition) is 2. The predicted molar refractivity (Wildman–Crippen MR) is 58.2 cm³/mol. The fraction of sp³-hybridized carbons (Fsp3) is 0.200. The number of amides is 1. The average molecular weight is 206 g/mol. The number of nitrogens with one attached hydrogen (secondary N) is 2. The molecule has 0 fully saturated rings. The summed E-state index contributed by atoms with van der Waals surface area (Å²) in [5.74, 6) is -0.774. The minimum atomic E-state index is -0.634. The van der Waals surface area contributed by atoms with E-state index in [0.29, 0.717) is 6.42 Å². The van der Waals surface area contributed by atoms with E-state index in [-0.39, 0.29) is 5.96 Å². The highest BCUT2D eigenvalue weighted by molar-refractivity contribution is 5.86. The Kier molecular flexibility index (Phi) is 3.68. The molecule has 6 N–H and O–H groups in total. The first-order valence-electron chi connectivity index (χ1n) is 4.53. The van der Waals surface area contributed by atoms with Gasteiger partial charge in [-0.2, -0.15) is 0 Å². The quantitative estimate of drug-likeness (QED) is 0.396. The van der Waals surface area contributed by atoms with Crippen LogP contribution in [0.4, 0.5) is 0 Å². The maximum Gasteiger partial charge on any atom is 0.240 e. The van der Waals surface area contributed by atoms with Crippen molar-refractivity contribution in [2.45, 2.75) is 12.5 Å². The van der Waals surface area contributed by atoms with Gasteiger partial charge in [-0.1, -0.05) is 30.3 Å². The maximum absolute atomic E-state index is 11.0. The number of guanidine groups is 1. The molecule has 0 aliphatic rings. The van der Waals surface area contributed by atoms with Crippen LogP contribution >= 0.6 is 0 Å². The Morgan fingerprint density at radius 1 is 1.33 bits per heavy atom. The number of primary amides is 1. The van der Waals surface area contributed by atoms with Gasteiger partial charge in [0, 0.05) is 6.42 Å². The van der Waals surface area contributed by atoms with Crippen molar-refractivity contribution in [1.82, 2.24) is 5.32 Å². The first-order chi connectivity index (χ1) is 7.09. The molecule has 1 unspecified atom stereocenters. The van der Waals surface area contributed by atoms with E-state index in [0.717, 1.165) is 5.56 Å². The van der Waals surface area contributed by atoms with Gasteiger partial charge in [-0.3, -0.25) is 10.2 Å². The van der Waals surface area contributed by atoms with Gasteiger partial charge in [0.1, 0.15) is 6.04 Å². The Labute approximate surface area is 88.0 Å². The fourth-order valence-electron chi connectivity index (χ4n) is 1.26. The van der Waals surface area contributed by atoms with Crippen LogP contribution < -0.4 is 16.8 Å². The van der Waals surface area contributed by atoms with Gasteiger partial charge in [0.05, 0.1) is 0 Å². The highest BCUT2D eigenvalue weighted by atomic mass is 16.1. The minimum Gasteiger partial charge on any atom is -0.370 e. The molecule has 80 valence electrons. The molecule has 0 aliphatic carbocycles. The van der Waals surface area contributed by atoms with Gasteiger partial charge < -0.3 is 16.8 Å². The third-order valence-corrected chi connectivity index (χ3v) is 1.96. The molecule has 1 amide bonds. The molecule has 5 nitrogen and oxygen atoms in total. The summed E-state index contributed by atoms with van der Waals surface area (Å²) < 4.78 is 0. The molecule has 15 heavy (non-hydrogen) atoms. The number of rotatable bonds is 4. The average Bonchev–Trinajstić information content (AvgIpc) is 2.17. The van der Waals surface area contributed by atoms with Crippen molar-refractivity contribution >= 4 is 11.9 Å². The van der Waals surface area contributed by atoms with Crippen LogP contribution in [0.25, 0.3) is 0 Å². The fourth-order valence-corrected chi connectivity index (χ4v) is 1.26. The topological polar surface area (TPSA) is 105 Å². The van der Waals surface area contributed by atoms with Crippen LogP contribution in [-0.2, 0) is 11.2 Å². The Morgan fingerprint density at radius 3 is 2.40 bits per heavy atom. The van der Waals surface area contributed by atoms with Gasteiger partial charge in [0.2, 0.25) is 5.91 Å². The molecule has 1 aromatic rings. The second-order valence-electron chi connectivity index (χ2n) is 3.20. The van der Waals surface area contributed by atoms with Crippen LogP contribution in [0.15, 0.2) is 30.3 Å². The molecule has 5 heteroatoms. The summed E-state index contributed by atoms with van der Waals surface area (Å²) in [6, 6.07) is 8.78. The van der Waals surface area contributed by atoms with Crippen LogP contribution in [-0.4, -0.2) is 17.9 Å². The Hall–Kier alpha value is -2.04. The van der Waals surface area contributed by atoms with Gasteiger partial charge in [-0.05, 0) is 5.56 Å². The zero-order chi connectivity index (χ0) is 11.3. The summed E-state index contributed by atoms with van der Waals surface area (Å²) >= 11 is 0. The normalized spacial score (nSPS) is 11.7. The predicted octanol–water partition coefficient (Wildman–Crippen LogP) is -0.434. The molecule has 1 aromatic carbocycles. The molecule has 0 radical (unpaired) electrons. The molecule has 0 saturated heterocycles. The highest BCUT2D eigenvalue weighted by Crippen LogP contribution is 2.02. The number of hydrogen-bond donors (Lipinski definition) is 4. The zero-order valence-electron chi connectivity index (χ0n) is 8.23. The zero-order valence-corrected chi connectivity index (χ0v) is 8.23. The SMILES string of the molecule is N=C(N)NC(Cc1ccccc1)C(N)=O. The van der Waals surface area contributed by atoms with E-state index in [2.05, 4.69) is 5.32 Å². The summed E-state index contributed by atoms with van der Waals surface area (Å²) in [4.78, 5) is 11.0. The monoisotopic (exact) mass is 206 g/mol. The van der Waals surface area contributed by atoms with Crippen LogP contribution in [0.1, 0.15) is 5.56 Å². The van der Waals surface area contributed by atoms with Crippen molar-refractivity contribution < 1.29 is 4.79 Å². The van der Waals surface area contributed by atoms with Crippen molar-refractivity contribution in [2.24, 2.45) is 11.5 Å². The second kappa shape index (κ2) is 4.99. The molecular formula is C10H14N4O. The highest BCUT2D eigenvalue weighted by Gasteiger charge is 2.15. The lowest BCUT2D eigenvalue weighted by Crippen LogP contribution is -2.48. The Balaban J connectivity index is 2.67. The van der Waals surface area contributed by atoms with Crippen LogP contribution in [0, 0.1) is 5.41 Å². The lowest BCUT2D eigenvalue weighted by Gasteiger charge is -2.14. The van der Waals surface area contributed by atoms with E-state index in [9.17, 15) is 4.79 Å². The number of carbonyl (C=O) groups is 1. The lowest BCUT2D eigenvalue weighted by molar-refractivity contribution is -0.119. The van der Waals surface area contributed by atoms with Crippen LogP contribution in [0.2, 0.25) is 0 Å². The molecule has 1 atom stereocenters. The molecule has 0 heterocycles. The summed E-state index contributed by atoms with van der Waals surface area (Å²) in [7, 11) is 0. The molecule has 0 bridgehead atoms. The summed E-state index contributed by atoms with van der Waals surface area (Å²) in [5, 5.41) is 9.56. The molecule has 0 saturated carbocycles. The van der Waals surface area contributed by atoms with E-state index in [1.807, 2.05) is 30.3 Å². The first-order valence-corrected chi connectivity index (χ1v) is 4.53. The number of nitrogens with two attached hydrogens (primary N) is 2. The van der Waals surface area contributed by atoms with E-state index < -0.39 is 11.9 Å². The molecule has 0 spiro atoms. The van der Waals surface area contributed by atoms with Crippen LogP contribution in [0.3, 0.4) is 0 Å². The maximum atomic E-state index is 11.0. The third-order valence-electron chi connectivity index (χ3n) is 1.96. The number of benzene rings is 1. The summed E-state index contributed by atoms with van der Waals surface area (Å²) in [6.07, 6.45) is 0.426.